The second kappa shape index (κ2) is 23.7. The van der Waals surface area contributed by atoms with Crippen LogP contribution in [0.1, 0.15) is 83.5 Å². The Morgan fingerprint density at radius 3 is 2.26 bits per heavy atom. The Balaban J connectivity index is 1.15. The molecule has 1 fully saturated rings. The smallest absolute Gasteiger partial charge is 0.269 e. The quantitative estimate of drug-likeness (QED) is 0.0283. The van der Waals surface area contributed by atoms with Gasteiger partial charge in [0.05, 0.1) is 34.8 Å². The number of oxime groups is 1. The Morgan fingerprint density at radius 2 is 1.53 bits per heavy atom. The molecular formula is C62H60N4O11. The SMILES string of the molecule is C=CCO[C@@]12Oc3ccc(Oc4ccc(-c5ccccc5)cc4)cc3[C@H]3[C@H](CCCCO)[C@@H](CCCCO)C=C(C(=NOCc4ccc([N+](=O)[O-])cc4)C[C@@H]1N(Cc1ccc4c(c1)OCO4)C(=O)c1ccc(C#N)cc1)[C@H]32. The fourth-order valence-corrected chi connectivity index (χ4v) is 11.5. The molecule has 15 nitrogen and oxygen atoms in total. The number of carbonyl (C=O) groups excluding carboxylic acids is 1. The first-order chi connectivity index (χ1) is 37.7. The van der Waals surface area contributed by atoms with Gasteiger partial charge in [-0.3, -0.25) is 14.9 Å². The van der Waals surface area contributed by atoms with E-state index in [0.29, 0.717) is 64.0 Å². The molecule has 2 N–H and O–H groups in total. The van der Waals surface area contributed by atoms with Gasteiger partial charge in [-0.15, -0.1) is 6.58 Å². The predicted molar refractivity (Wildman–Crippen MR) is 288 cm³/mol. The number of aliphatic hydroxyl groups is 2. The number of aliphatic hydroxyl groups excluding tert-OH is 2. The summed E-state index contributed by atoms with van der Waals surface area (Å²) in [6.45, 7) is 4.32. The number of amides is 1. The number of fused-ring (bicyclic) bond motifs is 3. The molecule has 0 bridgehead atoms. The molecule has 10 rings (SSSR count). The van der Waals surface area contributed by atoms with Crippen LogP contribution < -0.4 is 18.9 Å². The van der Waals surface area contributed by atoms with E-state index < -0.39 is 22.7 Å². The summed E-state index contributed by atoms with van der Waals surface area (Å²) >= 11 is 0. The zero-order chi connectivity index (χ0) is 53.3. The van der Waals surface area contributed by atoms with Crippen molar-refractivity contribution < 1.29 is 48.5 Å². The largest absolute Gasteiger partial charge is 0.459 e. The average molecular weight is 1040 g/mol. The maximum Gasteiger partial charge on any atom is 0.269 e. The normalized spacial score (nSPS) is 21.1. The standard InChI is InChI=1S/C62H60N4O11/c1-2-32-74-62-58(65(61(69)46-19-14-41(37-63)15-20-46)38-43-18-28-56-57(33-43)73-40-72-56)36-54(64-75-39-42-16-23-48(24-17-42)66(70)71)52-34-47(12-6-8-30-67)51(13-7-9-31-68)59(60(52)62)53-35-50(27-29-55(53)77-62)76-49-25-21-45(22-26-49)44-10-4-3-5-11-44/h2-5,10-11,14-29,33-35,47,51,58-60,67-68H,1,6-9,12-13,30-32,36,38-40H2/t47-,51+,58-,59+,60+,62+/m0/s1. The number of nitro benzene ring substituents is 1. The molecule has 6 aromatic rings. The van der Waals surface area contributed by atoms with Gasteiger partial charge in [-0.1, -0.05) is 78.7 Å². The highest BCUT2D eigenvalue weighted by atomic mass is 16.7. The highest BCUT2D eigenvalue weighted by Crippen LogP contribution is 2.62. The Kier molecular flexibility index (Phi) is 16.1. The number of carbonyl (C=O) groups is 1. The zero-order valence-electron chi connectivity index (χ0n) is 42.6. The molecule has 6 aromatic carbocycles. The molecule has 6 atom stereocenters. The number of nitrogens with zero attached hydrogens (tertiary/aromatic N) is 4. The van der Waals surface area contributed by atoms with Crippen LogP contribution in [0.3, 0.4) is 0 Å². The van der Waals surface area contributed by atoms with E-state index in [4.69, 9.17) is 33.7 Å². The van der Waals surface area contributed by atoms with Gasteiger partial charge in [0.15, 0.2) is 11.5 Å². The van der Waals surface area contributed by atoms with E-state index in [0.717, 1.165) is 53.5 Å². The van der Waals surface area contributed by atoms with E-state index in [2.05, 4.69) is 30.9 Å². The number of ether oxygens (including phenoxy) is 5. The van der Waals surface area contributed by atoms with Crippen LogP contribution in [0.4, 0.5) is 5.69 Å². The van der Waals surface area contributed by atoms with Gasteiger partial charge in [0.25, 0.3) is 11.6 Å². The molecule has 2 heterocycles. The minimum Gasteiger partial charge on any atom is -0.459 e. The molecule has 394 valence electrons. The third-order valence-corrected chi connectivity index (χ3v) is 15.1. The van der Waals surface area contributed by atoms with Crippen LogP contribution in [0.15, 0.2) is 169 Å². The van der Waals surface area contributed by atoms with Gasteiger partial charge < -0.3 is 43.6 Å². The van der Waals surface area contributed by atoms with Crippen molar-refractivity contribution in [2.75, 3.05) is 26.6 Å². The Morgan fingerprint density at radius 1 is 0.831 bits per heavy atom. The summed E-state index contributed by atoms with van der Waals surface area (Å²) in [5.41, 5.74) is 6.50. The second-order valence-corrected chi connectivity index (χ2v) is 19.8. The number of hydrogen-bond acceptors (Lipinski definition) is 13. The lowest BCUT2D eigenvalue weighted by Gasteiger charge is -2.60. The first-order valence-corrected chi connectivity index (χ1v) is 26.2. The van der Waals surface area contributed by atoms with Crippen LogP contribution >= 0.6 is 0 Å². The molecule has 1 amide bonds. The van der Waals surface area contributed by atoms with Gasteiger partial charge in [0.1, 0.15) is 29.9 Å². The van der Waals surface area contributed by atoms with E-state index in [1.807, 2.05) is 78.9 Å². The van der Waals surface area contributed by atoms with Crippen molar-refractivity contribution in [3.05, 3.63) is 202 Å². The molecule has 0 unspecified atom stereocenters. The minimum absolute atomic E-state index is 0.00714. The summed E-state index contributed by atoms with van der Waals surface area (Å²) in [7, 11) is 0. The van der Waals surface area contributed by atoms with E-state index in [1.165, 1.54) is 12.1 Å². The number of nitro groups is 1. The van der Waals surface area contributed by atoms with Crippen molar-refractivity contribution in [1.82, 2.24) is 4.90 Å². The van der Waals surface area contributed by atoms with Crippen LogP contribution in [0.2, 0.25) is 0 Å². The monoisotopic (exact) mass is 1040 g/mol. The Hall–Kier alpha value is -8.29. The number of non-ortho nitro benzene ring substituents is 1. The van der Waals surface area contributed by atoms with Crippen molar-refractivity contribution in [3.8, 4) is 45.9 Å². The van der Waals surface area contributed by atoms with Crippen molar-refractivity contribution >= 4 is 17.3 Å². The summed E-state index contributed by atoms with van der Waals surface area (Å²) < 4.78 is 33.0. The number of benzene rings is 6. The number of hydrogen-bond donors (Lipinski definition) is 2. The summed E-state index contributed by atoms with van der Waals surface area (Å²) in [4.78, 5) is 34.8. The van der Waals surface area contributed by atoms with Crippen LogP contribution in [-0.2, 0) is 22.7 Å². The molecule has 77 heavy (non-hydrogen) atoms. The van der Waals surface area contributed by atoms with Gasteiger partial charge in [0.2, 0.25) is 12.6 Å². The van der Waals surface area contributed by atoms with Gasteiger partial charge in [0, 0.05) is 55.4 Å². The molecule has 0 radical (unpaired) electrons. The van der Waals surface area contributed by atoms with Gasteiger partial charge in [-0.2, -0.15) is 5.26 Å². The third-order valence-electron chi connectivity index (χ3n) is 15.1. The highest BCUT2D eigenvalue weighted by Gasteiger charge is 2.65. The van der Waals surface area contributed by atoms with Crippen molar-refractivity contribution in [3.63, 3.8) is 0 Å². The number of nitriles is 1. The van der Waals surface area contributed by atoms with Crippen molar-refractivity contribution in [1.29, 1.82) is 5.26 Å². The molecule has 15 heteroatoms. The lowest BCUT2D eigenvalue weighted by atomic mass is 9.55. The van der Waals surface area contributed by atoms with Gasteiger partial charge >= 0.3 is 0 Å². The summed E-state index contributed by atoms with van der Waals surface area (Å²) in [5, 5.41) is 46.5. The minimum atomic E-state index is -1.60. The summed E-state index contributed by atoms with van der Waals surface area (Å²) in [6.07, 6.45) is 8.16. The van der Waals surface area contributed by atoms with Crippen molar-refractivity contribution in [2.24, 2.45) is 22.9 Å². The highest BCUT2D eigenvalue weighted by molar-refractivity contribution is 6.03. The third kappa shape index (κ3) is 11.2. The van der Waals surface area contributed by atoms with E-state index in [-0.39, 0.29) is 75.5 Å². The molecule has 4 aliphatic rings. The maximum atomic E-state index is 15.7. The number of unbranched alkanes of at least 4 members (excludes halogenated alkanes) is 2. The second-order valence-electron chi connectivity index (χ2n) is 19.8. The fourth-order valence-electron chi connectivity index (χ4n) is 11.5. The van der Waals surface area contributed by atoms with Crippen LogP contribution in [-0.4, -0.2) is 70.1 Å². The molecule has 0 aromatic heterocycles. The van der Waals surface area contributed by atoms with Gasteiger partial charge in [-0.05, 0) is 144 Å². The van der Waals surface area contributed by atoms with E-state index >= 15 is 4.79 Å². The molecule has 0 saturated heterocycles. The predicted octanol–water partition coefficient (Wildman–Crippen LogP) is 11.8. The molecule has 0 spiro atoms. The van der Waals surface area contributed by atoms with Crippen LogP contribution in [0.25, 0.3) is 11.1 Å². The fraction of sp³-hybridized carbons (Fsp3) is 0.306. The Labute approximate surface area is 447 Å². The molecular weight excluding hydrogens is 977 g/mol. The Bertz CT molecular complexity index is 3180. The summed E-state index contributed by atoms with van der Waals surface area (Å²) in [6, 6.07) is 43.4. The van der Waals surface area contributed by atoms with Gasteiger partial charge in [-0.25, -0.2) is 0 Å². The van der Waals surface area contributed by atoms with Crippen molar-refractivity contribution in [2.45, 2.75) is 75.8 Å². The molecule has 2 aliphatic heterocycles. The lowest BCUT2D eigenvalue weighted by Crippen LogP contribution is -2.70. The maximum absolute atomic E-state index is 15.7. The van der Waals surface area contributed by atoms with E-state index in [1.54, 1.807) is 47.4 Å². The average Bonchev–Trinajstić information content (AvgIpc) is 4.07. The zero-order valence-corrected chi connectivity index (χ0v) is 42.6. The lowest BCUT2D eigenvalue weighted by molar-refractivity contribution is -0.384. The number of rotatable bonds is 22. The molecule has 1 saturated carbocycles. The van der Waals surface area contributed by atoms with Crippen LogP contribution in [0, 0.1) is 39.2 Å². The van der Waals surface area contributed by atoms with E-state index in [9.17, 15) is 25.6 Å². The topological polar surface area (TPSA) is 195 Å². The first kappa shape index (κ1) is 52.2. The number of allylic oxidation sites excluding steroid dienone is 1. The molecule has 2 aliphatic carbocycles. The first-order valence-electron chi connectivity index (χ1n) is 26.2. The summed E-state index contributed by atoms with van der Waals surface area (Å²) in [5.74, 6) is -0.153. The van der Waals surface area contributed by atoms with Crippen LogP contribution in [0.5, 0.6) is 28.7 Å².